The maximum Gasteiger partial charge on any atom is 0.249 e. The Balaban J connectivity index is 1.89. The number of nitrogens with zero attached hydrogens (tertiary/aromatic N) is 1. The molecule has 104 valence electrons. The third-order valence-electron chi connectivity index (χ3n) is 4.89. The SMILES string of the molecule is CC1C(=O)NC2(CCCC2)C(=O)N1C1CC=CCC1. The molecule has 2 aliphatic carbocycles. The zero-order valence-electron chi connectivity index (χ0n) is 11.5. The van der Waals surface area contributed by atoms with Crippen LogP contribution in [-0.2, 0) is 9.59 Å². The van der Waals surface area contributed by atoms with Crippen LogP contribution in [0.25, 0.3) is 0 Å². The summed E-state index contributed by atoms with van der Waals surface area (Å²) in [6.45, 7) is 1.85. The van der Waals surface area contributed by atoms with Crippen molar-refractivity contribution in [2.75, 3.05) is 0 Å². The number of carbonyl (C=O) groups is 2. The number of rotatable bonds is 1. The smallest absolute Gasteiger partial charge is 0.249 e. The Labute approximate surface area is 114 Å². The zero-order chi connectivity index (χ0) is 13.5. The van der Waals surface area contributed by atoms with Crippen molar-refractivity contribution < 1.29 is 9.59 Å². The summed E-state index contributed by atoms with van der Waals surface area (Å²) in [4.78, 5) is 27.0. The van der Waals surface area contributed by atoms with Gasteiger partial charge in [0, 0.05) is 6.04 Å². The van der Waals surface area contributed by atoms with Gasteiger partial charge in [-0.05, 0) is 39.0 Å². The van der Waals surface area contributed by atoms with E-state index in [1.54, 1.807) is 0 Å². The Bertz CT molecular complexity index is 424. The average Bonchev–Trinajstić information content (AvgIpc) is 2.88. The first-order valence-corrected chi connectivity index (χ1v) is 7.44. The van der Waals surface area contributed by atoms with Crippen molar-refractivity contribution >= 4 is 11.8 Å². The minimum Gasteiger partial charge on any atom is -0.340 e. The second kappa shape index (κ2) is 4.66. The molecule has 1 heterocycles. The van der Waals surface area contributed by atoms with Gasteiger partial charge in [0.2, 0.25) is 11.8 Å². The summed E-state index contributed by atoms with van der Waals surface area (Å²) in [5, 5.41) is 3.01. The van der Waals surface area contributed by atoms with Crippen LogP contribution < -0.4 is 5.32 Å². The van der Waals surface area contributed by atoms with Crippen LogP contribution in [0, 0.1) is 0 Å². The van der Waals surface area contributed by atoms with Gasteiger partial charge in [-0.25, -0.2) is 0 Å². The first-order chi connectivity index (χ1) is 9.14. The van der Waals surface area contributed by atoms with Crippen LogP contribution in [0.5, 0.6) is 0 Å². The van der Waals surface area contributed by atoms with Crippen molar-refractivity contribution in [3.8, 4) is 0 Å². The van der Waals surface area contributed by atoms with Gasteiger partial charge in [-0.1, -0.05) is 25.0 Å². The molecule has 1 aliphatic heterocycles. The summed E-state index contributed by atoms with van der Waals surface area (Å²) >= 11 is 0. The molecular weight excluding hydrogens is 240 g/mol. The molecule has 1 N–H and O–H groups in total. The first kappa shape index (κ1) is 12.7. The summed E-state index contributed by atoms with van der Waals surface area (Å²) in [5.41, 5.74) is -0.579. The van der Waals surface area contributed by atoms with Crippen LogP contribution in [0.3, 0.4) is 0 Å². The Hall–Kier alpha value is -1.32. The molecule has 0 bridgehead atoms. The molecule has 1 saturated heterocycles. The normalized spacial score (nSPS) is 33.8. The average molecular weight is 262 g/mol. The minimum absolute atomic E-state index is 0.0241. The molecule has 2 fully saturated rings. The molecule has 2 atom stereocenters. The van der Waals surface area contributed by atoms with Gasteiger partial charge in [-0.2, -0.15) is 0 Å². The van der Waals surface area contributed by atoms with E-state index in [-0.39, 0.29) is 23.9 Å². The van der Waals surface area contributed by atoms with E-state index in [4.69, 9.17) is 0 Å². The van der Waals surface area contributed by atoms with Crippen LogP contribution >= 0.6 is 0 Å². The van der Waals surface area contributed by atoms with Gasteiger partial charge < -0.3 is 10.2 Å². The fourth-order valence-electron chi connectivity index (χ4n) is 3.77. The predicted molar refractivity (Wildman–Crippen MR) is 72.4 cm³/mol. The number of nitrogens with one attached hydrogen (secondary N) is 1. The maximum absolute atomic E-state index is 12.9. The number of allylic oxidation sites excluding steroid dienone is 1. The molecular formula is C15H22N2O2. The van der Waals surface area contributed by atoms with Crippen LogP contribution in [0.4, 0.5) is 0 Å². The van der Waals surface area contributed by atoms with Crippen molar-refractivity contribution in [1.29, 1.82) is 0 Å². The third-order valence-corrected chi connectivity index (χ3v) is 4.89. The summed E-state index contributed by atoms with van der Waals surface area (Å²) in [5.74, 6) is 0.188. The van der Waals surface area contributed by atoms with Crippen molar-refractivity contribution in [3.05, 3.63) is 12.2 Å². The summed E-state index contributed by atoms with van der Waals surface area (Å²) in [6.07, 6.45) is 10.9. The zero-order valence-corrected chi connectivity index (χ0v) is 11.5. The molecule has 1 spiro atoms. The molecule has 4 nitrogen and oxygen atoms in total. The van der Waals surface area contributed by atoms with E-state index in [2.05, 4.69) is 17.5 Å². The molecule has 0 aromatic heterocycles. The van der Waals surface area contributed by atoms with Crippen molar-refractivity contribution in [2.24, 2.45) is 0 Å². The molecule has 1 saturated carbocycles. The Morgan fingerprint density at radius 2 is 2.00 bits per heavy atom. The number of carbonyl (C=O) groups excluding carboxylic acids is 2. The van der Waals surface area contributed by atoms with Crippen LogP contribution in [0.2, 0.25) is 0 Å². The largest absolute Gasteiger partial charge is 0.340 e. The quantitative estimate of drug-likeness (QED) is 0.732. The Morgan fingerprint density at radius 1 is 1.26 bits per heavy atom. The number of piperazine rings is 1. The molecule has 0 aromatic rings. The van der Waals surface area contributed by atoms with E-state index in [1.165, 1.54) is 0 Å². The van der Waals surface area contributed by atoms with E-state index in [0.717, 1.165) is 44.9 Å². The second-order valence-corrected chi connectivity index (χ2v) is 6.11. The van der Waals surface area contributed by atoms with E-state index < -0.39 is 5.54 Å². The number of hydrogen-bond acceptors (Lipinski definition) is 2. The lowest BCUT2D eigenvalue weighted by Gasteiger charge is -2.47. The van der Waals surface area contributed by atoms with Gasteiger partial charge in [0.25, 0.3) is 0 Å². The van der Waals surface area contributed by atoms with Crippen LogP contribution in [0.15, 0.2) is 12.2 Å². The molecule has 0 aromatic carbocycles. The fourth-order valence-corrected chi connectivity index (χ4v) is 3.77. The van der Waals surface area contributed by atoms with Crippen molar-refractivity contribution in [1.82, 2.24) is 10.2 Å². The fraction of sp³-hybridized carbons (Fsp3) is 0.733. The highest BCUT2D eigenvalue weighted by Crippen LogP contribution is 2.36. The lowest BCUT2D eigenvalue weighted by Crippen LogP contribution is -2.70. The van der Waals surface area contributed by atoms with Crippen LogP contribution in [-0.4, -0.2) is 34.3 Å². The van der Waals surface area contributed by atoms with Gasteiger partial charge in [0.15, 0.2) is 0 Å². The second-order valence-electron chi connectivity index (χ2n) is 6.11. The monoisotopic (exact) mass is 262 g/mol. The van der Waals surface area contributed by atoms with Crippen molar-refractivity contribution in [2.45, 2.75) is 69.5 Å². The Kier molecular flexibility index (Phi) is 3.11. The highest BCUT2D eigenvalue weighted by molar-refractivity contribution is 6.00. The van der Waals surface area contributed by atoms with Crippen LogP contribution in [0.1, 0.15) is 51.9 Å². The standard InChI is InChI=1S/C15H22N2O2/c1-11-13(18)16-15(9-5-6-10-15)14(19)17(11)12-7-3-2-4-8-12/h2-3,11-12H,4-10H2,1H3,(H,16,18). The summed E-state index contributed by atoms with van der Waals surface area (Å²) in [6, 6.07) is -0.119. The van der Waals surface area contributed by atoms with Gasteiger partial charge in [-0.15, -0.1) is 0 Å². The van der Waals surface area contributed by atoms with E-state index in [1.807, 2.05) is 11.8 Å². The Morgan fingerprint density at radius 3 is 2.63 bits per heavy atom. The van der Waals surface area contributed by atoms with E-state index >= 15 is 0 Å². The molecule has 3 rings (SSSR count). The maximum atomic E-state index is 12.9. The summed E-state index contributed by atoms with van der Waals surface area (Å²) < 4.78 is 0. The molecule has 2 amide bonds. The van der Waals surface area contributed by atoms with Gasteiger partial charge in [-0.3, -0.25) is 9.59 Å². The van der Waals surface area contributed by atoms with Gasteiger partial charge in [0.05, 0.1) is 0 Å². The highest BCUT2D eigenvalue weighted by atomic mass is 16.2. The molecule has 19 heavy (non-hydrogen) atoms. The topological polar surface area (TPSA) is 49.4 Å². The van der Waals surface area contributed by atoms with E-state index in [9.17, 15) is 9.59 Å². The lowest BCUT2D eigenvalue weighted by molar-refractivity contribution is -0.157. The lowest BCUT2D eigenvalue weighted by atomic mass is 9.88. The molecule has 2 unspecified atom stereocenters. The predicted octanol–water partition coefficient (Wildman–Crippen LogP) is 1.75. The first-order valence-electron chi connectivity index (χ1n) is 7.44. The van der Waals surface area contributed by atoms with Gasteiger partial charge >= 0.3 is 0 Å². The summed E-state index contributed by atoms with van der Waals surface area (Å²) in [7, 11) is 0. The highest BCUT2D eigenvalue weighted by Gasteiger charge is 2.52. The minimum atomic E-state index is -0.579. The number of amides is 2. The van der Waals surface area contributed by atoms with Gasteiger partial charge in [0.1, 0.15) is 11.6 Å². The molecule has 4 heteroatoms. The van der Waals surface area contributed by atoms with E-state index in [0.29, 0.717) is 0 Å². The molecule has 3 aliphatic rings. The number of hydrogen-bond donors (Lipinski definition) is 1. The third kappa shape index (κ3) is 1.97. The molecule has 0 radical (unpaired) electrons. The van der Waals surface area contributed by atoms with Crippen molar-refractivity contribution in [3.63, 3.8) is 0 Å².